The molecule has 0 saturated heterocycles. The van der Waals surface area contributed by atoms with Crippen molar-refractivity contribution < 1.29 is 14.3 Å². The van der Waals surface area contributed by atoms with Gasteiger partial charge in [0.1, 0.15) is 11.5 Å². The summed E-state index contributed by atoms with van der Waals surface area (Å²) >= 11 is 0. The zero-order valence-electron chi connectivity index (χ0n) is 7.45. The van der Waals surface area contributed by atoms with E-state index in [1.54, 1.807) is 18.2 Å². The molecule has 0 unspecified atom stereocenters. The number of ether oxygens (including phenoxy) is 2. The number of carbonyl (C=O) groups excluding carboxylic acids is 1. The summed E-state index contributed by atoms with van der Waals surface area (Å²) in [6, 6.07) is 5.04. The lowest BCUT2D eigenvalue weighted by atomic mass is 10.2. The van der Waals surface area contributed by atoms with E-state index < -0.39 is 0 Å². The Labute approximate surface area is 77.3 Å². The molecule has 0 N–H and O–H groups in total. The molecular formula is C10H11O3. The van der Waals surface area contributed by atoms with Crippen LogP contribution >= 0.6 is 0 Å². The summed E-state index contributed by atoms with van der Waals surface area (Å²) in [5.41, 5.74) is 0.480. The predicted octanol–water partition coefficient (Wildman–Crippen LogP) is 1.72. The smallest absolute Gasteiger partial charge is 0.153 e. The van der Waals surface area contributed by atoms with Gasteiger partial charge in [-0.15, -0.1) is 0 Å². The molecule has 0 heterocycles. The van der Waals surface area contributed by atoms with Crippen LogP contribution in [0.5, 0.6) is 11.5 Å². The van der Waals surface area contributed by atoms with E-state index >= 15 is 0 Å². The Hall–Kier alpha value is -1.51. The minimum absolute atomic E-state index is 0.338. The number of methoxy groups -OCH3 is 1. The fourth-order valence-corrected chi connectivity index (χ4v) is 1.01. The van der Waals surface area contributed by atoms with Crippen LogP contribution in [0.15, 0.2) is 18.2 Å². The van der Waals surface area contributed by atoms with Crippen LogP contribution in [-0.4, -0.2) is 20.0 Å². The van der Waals surface area contributed by atoms with Gasteiger partial charge in [-0.1, -0.05) is 0 Å². The molecule has 0 bridgehead atoms. The zero-order chi connectivity index (χ0) is 9.68. The van der Waals surface area contributed by atoms with Gasteiger partial charge in [0.2, 0.25) is 0 Å². The molecule has 0 amide bonds. The van der Waals surface area contributed by atoms with Crippen molar-refractivity contribution in [1.82, 2.24) is 0 Å². The van der Waals surface area contributed by atoms with Gasteiger partial charge in [-0.3, -0.25) is 4.79 Å². The first-order valence-corrected chi connectivity index (χ1v) is 3.87. The first-order valence-electron chi connectivity index (χ1n) is 3.87. The lowest BCUT2D eigenvalue weighted by Gasteiger charge is -2.06. The molecule has 13 heavy (non-hydrogen) atoms. The van der Waals surface area contributed by atoms with Crippen LogP contribution in [0.1, 0.15) is 10.4 Å². The highest BCUT2D eigenvalue weighted by Crippen LogP contribution is 2.22. The number of hydrogen-bond acceptors (Lipinski definition) is 3. The third-order valence-electron chi connectivity index (χ3n) is 1.60. The molecule has 1 aromatic carbocycles. The maximum absolute atomic E-state index is 10.6. The minimum Gasteiger partial charge on any atom is -0.496 e. The molecule has 3 heteroatoms. The van der Waals surface area contributed by atoms with Crippen molar-refractivity contribution in [2.24, 2.45) is 0 Å². The predicted molar refractivity (Wildman–Crippen MR) is 49.2 cm³/mol. The van der Waals surface area contributed by atoms with Crippen LogP contribution in [0.2, 0.25) is 0 Å². The molecule has 1 aromatic rings. The average molecular weight is 179 g/mol. The molecule has 1 rings (SSSR count). The van der Waals surface area contributed by atoms with E-state index in [0.29, 0.717) is 23.7 Å². The number of aldehydes is 1. The van der Waals surface area contributed by atoms with E-state index in [-0.39, 0.29) is 0 Å². The third kappa shape index (κ3) is 2.21. The number of benzene rings is 1. The molecule has 0 saturated carbocycles. The van der Waals surface area contributed by atoms with Crippen LogP contribution in [-0.2, 0) is 0 Å². The fraction of sp³-hybridized carbons (Fsp3) is 0.200. The highest BCUT2D eigenvalue weighted by molar-refractivity contribution is 5.80. The van der Waals surface area contributed by atoms with Gasteiger partial charge in [0, 0.05) is 0 Å². The molecule has 0 atom stereocenters. The summed E-state index contributed by atoms with van der Waals surface area (Å²) in [4.78, 5) is 10.6. The van der Waals surface area contributed by atoms with Crippen molar-refractivity contribution in [1.29, 1.82) is 0 Å². The molecule has 1 radical (unpaired) electrons. The summed E-state index contributed by atoms with van der Waals surface area (Å²) in [5, 5.41) is 0. The monoisotopic (exact) mass is 179 g/mol. The Bertz CT molecular complexity index is 294. The van der Waals surface area contributed by atoms with Crippen LogP contribution in [0.3, 0.4) is 0 Å². The van der Waals surface area contributed by atoms with Crippen molar-refractivity contribution in [2.75, 3.05) is 13.7 Å². The van der Waals surface area contributed by atoms with Crippen molar-refractivity contribution in [3.8, 4) is 11.5 Å². The SMILES string of the molecule is [CH2]COc1ccc(OC)c(C=O)c1. The fourth-order valence-electron chi connectivity index (χ4n) is 1.01. The summed E-state index contributed by atoms with van der Waals surface area (Å²) in [6.07, 6.45) is 0.731. The first kappa shape index (κ1) is 9.58. The van der Waals surface area contributed by atoms with E-state index in [2.05, 4.69) is 6.92 Å². The van der Waals surface area contributed by atoms with Crippen molar-refractivity contribution in [3.05, 3.63) is 30.7 Å². The summed E-state index contributed by atoms with van der Waals surface area (Å²) < 4.78 is 10.1. The van der Waals surface area contributed by atoms with Gasteiger partial charge in [-0.05, 0) is 25.1 Å². The Morgan fingerprint density at radius 2 is 2.31 bits per heavy atom. The van der Waals surface area contributed by atoms with E-state index in [0.717, 1.165) is 6.29 Å². The second-order valence-electron chi connectivity index (χ2n) is 2.37. The highest BCUT2D eigenvalue weighted by atomic mass is 16.5. The number of hydrogen-bond donors (Lipinski definition) is 0. The third-order valence-corrected chi connectivity index (χ3v) is 1.60. The second kappa shape index (κ2) is 4.50. The Kier molecular flexibility index (Phi) is 3.31. The Morgan fingerprint density at radius 1 is 1.54 bits per heavy atom. The topological polar surface area (TPSA) is 35.5 Å². The number of rotatable bonds is 4. The lowest BCUT2D eigenvalue weighted by Crippen LogP contribution is -1.95. The van der Waals surface area contributed by atoms with Crippen molar-refractivity contribution >= 4 is 6.29 Å². The molecule has 0 aliphatic rings. The molecule has 0 aliphatic heterocycles. The van der Waals surface area contributed by atoms with Crippen molar-refractivity contribution in [2.45, 2.75) is 0 Å². The van der Waals surface area contributed by atoms with Crippen molar-refractivity contribution in [3.63, 3.8) is 0 Å². The van der Waals surface area contributed by atoms with Crippen LogP contribution < -0.4 is 9.47 Å². The van der Waals surface area contributed by atoms with Crippen LogP contribution in [0, 0.1) is 6.92 Å². The molecule has 69 valence electrons. The maximum atomic E-state index is 10.6. The Balaban J connectivity index is 2.98. The zero-order valence-corrected chi connectivity index (χ0v) is 7.45. The number of carbonyl (C=O) groups is 1. The van der Waals surface area contributed by atoms with Gasteiger partial charge in [-0.25, -0.2) is 0 Å². The van der Waals surface area contributed by atoms with E-state index in [1.165, 1.54) is 7.11 Å². The molecule has 0 fully saturated rings. The Morgan fingerprint density at radius 3 is 2.85 bits per heavy atom. The summed E-state index contributed by atoms with van der Waals surface area (Å²) in [6.45, 7) is 3.88. The molecule has 0 aliphatic carbocycles. The standard InChI is InChI=1S/C10H11O3/c1-3-13-9-4-5-10(12-2)8(6-9)7-11/h4-7H,1,3H2,2H3. The van der Waals surface area contributed by atoms with Gasteiger partial charge >= 0.3 is 0 Å². The van der Waals surface area contributed by atoms with Gasteiger partial charge in [0.25, 0.3) is 0 Å². The van der Waals surface area contributed by atoms with E-state index in [4.69, 9.17) is 9.47 Å². The maximum Gasteiger partial charge on any atom is 0.153 e. The van der Waals surface area contributed by atoms with Crippen LogP contribution in [0.25, 0.3) is 0 Å². The van der Waals surface area contributed by atoms with Gasteiger partial charge in [0.15, 0.2) is 6.29 Å². The second-order valence-corrected chi connectivity index (χ2v) is 2.37. The highest BCUT2D eigenvalue weighted by Gasteiger charge is 2.02. The largest absolute Gasteiger partial charge is 0.496 e. The van der Waals surface area contributed by atoms with E-state index in [1.807, 2.05) is 0 Å². The average Bonchev–Trinajstić information content (AvgIpc) is 2.18. The summed E-state index contributed by atoms with van der Waals surface area (Å²) in [5.74, 6) is 1.17. The van der Waals surface area contributed by atoms with Crippen LogP contribution in [0.4, 0.5) is 0 Å². The van der Waals surface area contributed by atoms with E-state index in [9.17, 15) is 4.79 Å². The summed E-state index contributed by atoms with van der Waals surface area (Å²) in [7, 11) is 1.52. The molecular weight excluding hydrogens is 168 g/mol. The lowest BCUT2D eigenvalue weighted by molar-refractivity contribution is 0.112. The minimum atomic E-state index is 0.338. The first-order chi connectivity index (χ1) is 6.31. The van der Waals surface area contributed by atoms with Gasteiger partial charge < -0.3 is 9.47 Å². The molecule has 3 nitrogen and oxygen atoms in total. The molecule has 0 spiro atoms. The quantitative estimate of drug-likeness (QED) is 0.660. The normalized spacial score (nSPS) is 9.38. The van der Waals surface area contributed by atoms with Gasteiger partial charge in [0.05, 0.1) is 19.3 Å². The van der Waals surface area contributed by atoms with Gasteiger partial charge in [-0.2, -0.15) is 0 Å². The molecule has 0 aromatic heterocycles.